The van der Waals surface area contributed by atoms with Gasteiger partial charge in [-0.25, -0.2) is 9.18 Å². The standard InChI is InChI=1S/C21H26FN5O4/c1-3-5-10-27-18(23)17(19(28)24-21(27)30)26(9-4-2)20(29)16-12-15(25-31-16)13-7-6-8-14(22)11-13/h6-8,11,16H,3-5,9-10,12,23H2,1-2H3,(H,24,28,30). The summed E-state index contributed by atoms with van der Waals surface area (Å²) in [5, 5.41) is 3.93. The number of amides is 1. The van der Waals surface area contributed by atoms with Crippen LogP contribution in [0.4, 0.5) is 15.9 Å². The topological polar surface area (TPSA) is 123 Å². The number of halogens is 1. The molecule has 1 aromatic heterocycles. The van der Waals surface area contributed by atoms with Crippen molar-refractivity contribution in [1.29, 1.82) is 0 Å². The fourth-order valence-electron chi connectivity index (χ4n) is 3.45. The number of nitrogen functional groups attached to an aromatic ring is 1. The van der Waals surface area contributed by atoms with Crippen molar-refractivity contribution in [3.63, 3.8) is 0 Å². The van der Waals surface area contributed by atoms with E-state index in [4.69, 9.17) is 10.6 Å². The predicted molar refractivity (Wildman–Crippen MR) is 116 cm³/mol. The number of nitrogens with zero attached hydrogens (tertiary/aromatic N) is 3. The molecule has 0 aliphatic carbocycles. The van der Waals surface area contributed by atoms with Crippen LogP contribution in [0.1, 0.15) is 45.1 Å². The molecule has 10 heteroatoms. The Labute approximate surface area is 178 Å². The van der Waals surface area contributed by atoms with Crippen LogP contribution in [-0.2, 0) is 16.2 Å². The van der Waals surface area contributed by atoms with Crippen molar-refractivity contribution in [2.75, 3.05) is 17.2 Å². The van der Waals surface area contributed by atoms with E-state index in [1.165, 1.54) is 21.6 Å². The molecule has 0 saturated carbocycles. The molecule has 1 atom stereocenters. The first-order valence-corrected chi connectivity index (χ1v) is 10.3. The van der Waals surface area contributed by atoms with E-state index in [9.17, 15) is 18.8 Å². The van der Waals surface area contributed by atoms with Crippen molar-refractivity contribution >= 4 is 23.1 Å². The fourth-order valence-corrected chi connectivity index (χ4v) is 3.45. The van der Waals surface area contributed by atoms with Crippen molar-refractivity contribution in [3.8, 4) is 0 Å². The number of nitrogens with one attached hydrogen (secondary N) is 1. The number of aromatic amines is 1. The molecule has 0 spiro atoms. The van der Waals surface area contributed by atoms with Gasteiger partial charge >= 0.3 is 5.69 Å². The summed E-state index contributed by atoms with van der Waals surface area (Å²) < 4.78 is 14.8. The van der Waals surface area contributed by atoms with E-state index in [0.717, 1.165) is 6.42 Å². The second kappa shape index (κ2) is 9.59. The van der Waals surface area contributed by atoms with Gasteiger partial charge in [0.1, 0.15) is 11.6 Å². The lowest BCUT2D eigenvalue weighted by atomic mass is 10.0. The second-order valence-electron chi connectivity index (χ2n) is 7.33. The fraction of sp³-hybridized carbons (Fsp3) is 0.429. The Morgan fingerprint density at radius 1 is 1.35 bits per heavy atom. The minimum atomic E-state index is -0.986. The number of nitrogens with two attached hydrogens (primary N) is 1. The highest BCUT2D eigenvalue weighted by molar-refractivity contribution is 6.07. The first-order chi connectivity index (χ1) is 14.9. The first-order valence-electron chi connectivity index (χ1n) is 10.3. The molecule has 1 amide bonds. The lowest BCUT2D eigenvalue weighted by Gasteiger charge is -2.25. The maximum atomic E-state index is 13.5. The van der Waals surface area contributed by atoms with Gasteiger partial charge in [-0.2, -0.15) is 0 Å². The quantitative estimate of drug-likeness (QED) is 0.662. The van der Waals surface area contributed by atoms with Gasteiger partial charge in [0.2, 0.25) is 6.10 Å². The summed E-state index contributed by atoms with van der Waals surface area (Å²) in [4.78, 5) is 46.9. The summed E-state index contributed by atoms with van der Waals surface area (Å²) in [5.41, 5.74) is 5.69. The lowest BCUT2D eigenvalue weighted by molar-refractivity contribution is -0.128. The largest absolute Gasteiger partial charge is 0.383 e. The van der Waals surface area contributed by atoms with Gasteiger partial charge < -0.3 is 15.5 Å². The van der Waals surface area contributed by atoms with Crippen molar-refractivity contribution in [2.24, 2.45) is 5.16 Å². The van der Waals surface area contributed by atoms with E-state index in [2.05, 4.69) is 10.1 Å². The highest BCUT2D eigenvalue weighted by Gasteiger charge is 2.35. The van der Waals surface area contributed by atoms with Crippen LogP contribution in [0, 0.1) is 5.82 Å². The Morgan fingerprint density at radius 3 is 2.81 bits per heavy atom. The molecule has 1 aliphatic heterocycles. The molecule has 31 heavy (non-hydrogen) atoms. The molecule has 0 fully saturated rings. The minimum absolute atomic E-state index is 0.0618. The lowest BCUT2D eigenvalue weighted by Crippen LogP contribution is -2.45. The van der Waals surface area contributed by atoms with Crippen LogP contribution in [0.3, 0.4) is 0 Å². The van der Waals surface area contributed by atoms with E-state index in [-0.39, 0.29) is 24.5 Å². The van der Waals surface area contributed by atoms with Crippen LogP contribution < -0.4 is 21.9 Å². The molecule has 1 aromatic carbocycles. The van der Waals surface area contributed by atoms with Crippen LogP contribution in [0.5, 0.6) is 0 Å². The number of carbonyl (C=O) groups excluding carboxylic acids is 1. The van der Waals surface area contributed by atoms with Gasteiger partial charge in [-0.3, -0.25) is 19.1 Å². The summed E-state index contributed by atoms with van der Waals surface area (Å²) in [7, 11) is 0. The summed E-state index contributed by atoms with van der Waals surface area (Å²) in [5.74, 6) is -0.987. The maximum Gasteiger partial charge on any atom is 0.330 e. The average molecular weight is 431 g/mol. The number of carbonyl (C=O) groups is 1. The van der Waals surface area contributed by atoms with Gasteiger partial charge in [-0.15, -0.1) is 0 Å². The smallest absolute Gasteiger partial charge is 0.330 e. The number of unbranched alkanes of at least 4 members (excludes halogenated alkanes) is 1. The highest BCUT2D eigenvalue weighted by Crippen LogP contribution is 2.24. The van der Waals surface area contributed by atoms with E-state index in [0.29, 0.717) is 30.7 Å². The zero-order valence-corrected chi connectivity index (χ0v) is 17.6. The molecular weight excluding hydrogens is 405 g/mol. The van der Waals surface area contributed by atoms with Gasteiger partial charge in [0, 0.05) is 25.1 Å². The number of anilines is 2. The van der Waals surface area contributed by atoms with Gasteiger partial charge in [-0.05, 0) is 25.0 Å². The average Bonchev–Trinajstić information content (AvgIpc) is 3.22. The summed E-state index contributed by atoms with van der Waals surface area (Å²) in [6.07, 6.45) is 1.19. The molecule has 9 nitrogen and oxygen atoms in total. The maximum absolute atomic E-state index is 13.5. The number of benzene rings is 1. The zero-order valence-electron chi connectivity index (χ0n) is 17.6. The van der Waals surface area contributed by atoms with E-state index in [1.54, 1.807) is 12.1 Å². The molecule has 3 rings (SSSR count). The van der Waals surface area contributed by atoms with Crippen LogP contribution in [-0.4, -0.2) is 33.8 Å². The Balaban J connectivity index is 1.90. The molecule has 1 aliphatic rings. The zero-order chi connectivity index (χ0) is 22.5. The number of hydrogen-bond acceptors (Lipinski definition) is 6. The van der Waals surface area contributed by atoms with Crippen LogP contribution in [0.2, 0.25) is 0 Å². The van der Waals surface area contributed by atoms with Crippen molar-refractivity contribution in [3.05, 3.63) is 56.5 Å². The summed E-state index contributed by atoms with van der Waals surface area (Å²) >= 11 is 0. The normalized spacial score (nSPS) is 15.5. The highest BCUT2D eigenvalue weighted by atomic mass is 19.1. The van der Waals surface area contributed by atoms with Gasteiger partial charge in [0.05, 0.1) is 5.71 Å². The molecule has 2 aromatic rings. The Bertz CT molecular complexity index is 1110. The number of rotatable bonds is 8. The number of H-pyrrole nitrogens is 1. The van der Waals surface area contributed by atoms with Gasteiger partial charge in [0.15, 0.2) is 5.69 Å². The molecule has 166 valence electrons. The second-order valence-corrected chi connectivity index (χ2v) is 7.33. The minimum Gasteiger partial charge on any atom is -0.383 e. The number of aromatic nitrogens is 2. The Kier molecular flexibility index (Phi) is 6.88. The third-order valence-electron chi connectivity index (χ3n) is 5.03. The number of oxime groups is 1. The third kappa shape index (κ3) is 4.68. The van der Waals surface area contributed by atoms with Crippen molar-refractivity contribution in [2.45, 2.75) is 52.2 Å². The van der Waals surface area contributed by atoms with Crippen LogP contribution >= 0.6 is 0 Å². The first kappa shape index (κ1) is 22.3. The molecule has 3 N–H and O–H groups in total. The molecule has 0 saturated heterocycles. The summed E-state index contributed by atoms with van der Waals surface area (Å²) in [6, 6.07) is 5.85. The SMILES string of the molecule is CCCCn1c(N)c(N(CCC)C(=O)C2CC(c3cccc(F)c3)=NO2)c(=O)[nH]c1=O. The molecule has 2 heterocycles. The van der Waals surface area contributed by atoms with E-state index >= 15 is 0 Å². The van der Waals surface area contributed by atoms with Crippen molar-refractivity contribution in [1.82, 2.24) is 9.55 Å². The molecule has 1 unspecified atom stereocenters. The number of hydrogen-bond donors (Lipinski definition) is 2. The van der Waals surface area contributed by atoms with Crippen LogP contribution in [0.25, 0.3) is 0 Å². The van der Waals surface area contributed by atoms with Crippen LogP contribution in [0.15, 0.2) is 39.0 Å². The predicted octanol–water partition coefficient (Wildman–Crippen LogP) is 1.99. The Hall–Kier alpha value is -3.43. The molecular formula is C21H26FN5O4. The summed E-state index contributed by atoms with van der Waals surface area (Å²) in [6.45, 7) is 4.34. The van der Waals surface area contributed by atoms with Gasteiger partial charge in [0.25, 0.3) is 11.5 Å². The Morgan fingerprint density at radius 2 is 2.13 bits per heavy atom. The monoisotopic (exact) mass is 431 g/mol. The van der Waals surface area contributed by atoms with Gasteiger partial charge in [-0.1, -0.05) is 37.6 Å². The molecule has 0 radical (unpaired) electrons. The van der Waals surface area contributed by atoms with Crippen molar-refractivity contribution < 1.29 is 14.0 Å². The molecule has 0 bridgehead atoms. The van der Waals surface area contributed by atoms with E-state index in [1.807, 2.05) is 13.8 Å². The van der Waals surface area contributed by atoms with E-state index < -0.39 is 29.1 Å². The third-order valence-corrected chi connectivity index (χ3v) is 5.03.